The Morgan fingerprint density at radius 3 is 2.08 bits per heavy atom. The number of benzene rings is 2. The molecule has 6 N–H and O–H groups in total. The van der Waals surface area contributed by atoms with Gasteiger partial charge in [-0.25, -0.2) is 8.78 Å². The van der Waals surface area contributed by atoms with Gasteiger partial charge in [0.05, 0.1) is 45.3 Å². The van der Waals surface area contributed by atoms with Crippen molar-refractivity contribution in [1.82, 2.24) is 5.32 Å². The predicted molar refractivity (Wildman–Crippen MR) is 175 cm³/mol. The number of aldehydes is 1. The van der Waals surface area contributed by atoms with Gasteiger partial charge in [0.1, 0.15) is 31.0 Å². The van der Waals surface area contributed by atoms with Crippen molar-refractivity contribution >= 4 is 39.5 Å². The summed E-state index contributed by atoms with van der Waals surface area (Å²) in [4.78, 5) is 33.8. The lowest BCUT2D eigenvalue weighted by Gasteiger charge is -2.25. The van der Waals surface area contributed by atoms with Crippen LogP contribution in [0.3, 0.4) is 0 Å². The maximum Gasteiger partial charge on any atom is 0.446 e. The first kappa shape index (κ1) is 43.2. The van der Waals surface area contributed by atoms with Gasteiger partial charge in [0.25, 0.3) is 0 Å². The molecule has 0 amide bonds. The lowest BCUT2D eigenvalue weighted by Crippen LogP contribution is -2.47. The summed E-state index contributed by atoms with van der Waals surface area (Å²) in [5.41, 5.74) is 1.33. The molecule has 294 valence electrons. The molecule has 20 heteroatoms. The number of rotatable bonds is 18. The summed E-state index contributed by atoms with van der Waals surface area (Å²) < 4.78 is 88.9. The van der Waals surface area contributed by atoms with Crippen molar-refractivity contribution < 1.29 is 85.6 Å². The van der Waals surface area contributed by atoms with Crippen LogP contribution in [0, 0.1) is 11.6 Å². The second-order valence-electron chi connectivity index (χ2n) is 11.3. The number of carbonyl (C=O) groups is 3. The Balaban J connectivity index is 0.00000116. The molecule has 0 saturated carbocycles. The summed E-state index contributed by atoms with van der Waals surface area (Å²) >= 11 is 0.988. The monoisotopic (exact) mass is 783 g/mol. The zero-order chi connectivity index (χ0) is 39.5. The van der Waals surface area contributed by atoms with Crippen LogP contribution >= 0.6 is 11.3 Å². The van der Waals surface area contributed by atoms with Crippen LogP contribution in [0.25, 0.3) is 10.1 Å². The highest BCUT2D eigenvalue weighted by Gasteiger charge is 2.31. The predicted octanol–water partition coefficient (Wildman–Crippen LogP) is 2.34. The highest BCUT2D eigenvalue weighted by molar-refractivity contribution is 7.20. The third-order valence-corrected chi connectivity index (χ3v) is 8.73. The molecule has 0 saturated heterocycles. The fourth-order valence-electron chi connectivity index (χ4n) is 4.84. The number of hydrogen-bond acceptors (Lipinski definition) is 15. The Labute approximate surface area is 302 Å². The number of Topliss-reactive ketones (excluding diaryl/α,β-unsaturated/α-hetero) is 1. The van der Waals surface area contributed by atoms with Crippen LogP contribution in [0.4, 0.5) is 22.0 Å². The Hall–Kier alpha value is -4.18. The van der Waals surface area contributed by atoms with Crippen LogP contribution in [0.5, 0.6) is 23.0 Å². The smallest absolute Gasteiger partial charge is 0.446 e. The van der Waals surface area contributed by atoms with E-state index in [-0.39, 0.29) is 59.3 Å². The van der Waals surface area contributed by atoms with E-state index in [4.69, 9.17) is 33.6 Å². The summed E-state index contributed by atoms with van der Waals surface area (Å²) in [6, 6.07) is 4.59. The van der Waals surface area contributed by atoms with Crippen molar-refractivity contribution in [2.75, 3.05) is 40.6 Å². The Kier molecular flexibility index (Phi) is 16.1. The first-order chi connectivity index (χ1) is 25.1. The number of carbonyl (C=O) groups excluding carboxylic acids is 3. The highest BCUT2D eigenvalue weighted by Crippen LogP contribution is 2.41. The largest absolute Gasteiger partial charge is 0.493 e. The van der Waals surface area contributed by atoms with E-state index in [1.165, 1.54) is 26.4 Å². The number of halogens is 5. The van der Waals surface area contributed by atoms with Crippen molar-refractivity contribution in [1.29, 1.82) is 0 Å². The van der Waals surface area contributed by atoms with Gasteiger partial charge in [0.15, 0.2) is 40.4 Å². The number of methoxy groups -OCH3 is 2. The summed E-state index contributed by atoms with van der Waals surface area (Å²) in [5.74, 6) is -2.42. The van der Waals surface area contributed by atoms with Gasteiger partial charge in [-0.15, -0.1) is 11.3 Å². The second-order valence-corrected chi connectivity index (χ2v) is 12.4. The van der Waals surface area contributed by atoms with Gasteiger partial charge in [-0.05, 0) is 17.7 Å². The maximum atomic E-state index is 15.6. The second kappa shape index (κ2) is 19.8. The van der Waals surface area contributed by atoms with Crippen LogP contribution in [0.15, 0.2) is 18.2 Å². The molecule has 0 aliphatic carbocycles. The Bertz CT molecular complexity index is 1720. The minimum absolute atomic E-state index is 0.0000438. The van der Waals surface area contributed by atoms with Gasteiger partial charge in [-0.1, -0.05) is 0 Å². The van der Waals surface area contributed by atoms with Gasteiger partial charge < -0.3 is 54.5 Å². The molecule has 1 aliphatic heterocycles. The first-order valence-corrected chi connectivity index (χ1v) is 16.6. The van der Waals surface area contributed by atoms with Crippen molar-refractivity contribution in [3.8, 4) is 23.0 Å². The number of aliphatic hydroxyl groups is 5. The number of ether oxygens (including phenoxy) is 5. The summed E-state index contributed by atoms with van der Waals surface area (Å²) in [6.45, 7) is -0.615. The number of aliphatic hydroxyl groups excluding tert-OH is 5. The molecule has 0 fully saturated rings. The third kappa shape index (κ3) is 11.7. The normalized spacial score (nSPS) is 14.6. The van der Waals surface area contributed by atoms with Gasteiger partial charge in [-0.2, -0.15) is 13.2 Å². The van der Waals surface area contributed by atoms with E-state index < -0.39 is 79.9 Å². The van der Waals surface area contributed by atoms with Crippen LogP contribution in [0.1, 0.15) is 40.1 Å². The van der Waals surface area contributed by atoms with Crippen LogP contribution in [-0.4, -0.2) is 115 Å². The molecule has 2 heterocycles. The minimum Gasteiger partial charge on any atom is -0.493 e. The fraction of sp³-hybridized carbons (Fsp3) is 0.485. The fourth-order valence-corrected chi connectivity index (χ4v) is 5.89. The SMILES string of the molecule is COc1cc2c(c(F)c1OCCCOc1c(OC)cc3sc(C(=O)CCC(=O)OC[C@@H](O)[C@@H](O)[C@H](O)[C@H](O)CO)cc3c1F)CNC2.O=CC(F)(F)F. The van der Waals surface area contributed by atoms with Crippen LogP contribution in [-0.2, 0) is 27.4 Å². The molecular weight excluding hydrogens is 745 g/mol. The molecule has 14 nitrogen and oxygen atoms in total. The summed E-state index contributed by atoms with van der Waals surface area (Å²) in [7, 11) is 2.76. The van der Waals surface area contributed by atoms with E-state index in [1.807, 2.05) is 0 Å². The third-order valence-electron chi connectivity index (χ3n) is 7.61. The highest BCUT2D eigenvalue weighted by atomic mass is 32.1. The zero-order valence-corrected chi connectivity index (χ0v) is 29.1. The van der Waals surface area contributed by atoms with Crippen molar-refractivity contribution in [3.05, 3.63) is 45.8 Å². The van der Waals surface area contributed by atoms with Crippen LogP contribution < -0.4 is 24.3 Å². The maximum absolute atomic E-state index is 15.6. The molecule has 0 radical (unpaired) electrons. The molecule has 2 aromatic carbocycles. The number of ketones is 1. The van der Waals surface area contributed by atoms with Crippen molar-refractivity contribution in [2.24, 2.45) is 0 Å². The standard InChI is InChI=1S/C31H37F2NO12S.C2HF3O/c1-42-21-8-15-11-34-12-17(15)27(33)30(21)44-6-3-7-45-31-22(43-2)10-23-16(26(31)32)9-24(47-23)18(36)4-5-25(39)46-14-20(38)29(41)28(40)19(37)13-35;3-2(4,5)1-6/h8-10,19-20,28-29,34-35,37-38,40-41H,3-7,11-14H2,1-2H3;1H/t19-,20-,28-,29-;/m1./s1. The topological polar surface area (TPSA) is 211 Å². The van der Waals surface area contributed by atoms with Crippen molar-refractivity contribution in [3.63, 3.8) is 0 Å². The molecular formula is C33H38F5NO13S. The Morgan fingerprint density at radius 1 is 0.906 bits per heavy atom. The van der Waals surface area contributed by atoms with E-state index in [0.717, 1.165) is 16.9 Å². The number of esters is 1. The molecule has 0 bridgehead atoms. The number of fused-ring (bicyclic) bond motifs is 2. The zero-order valence-electron chi connectivity index (χ0n) is 28.3. The molecule has 53 heavy (non-hydrogen) atoms. The molecule has 0 spiro atoms. The number of alkyl halides is 3. The van der Waals surface area contributed by atoms with Gasteiger partial charge in [0, 0.05) is 47.6 Å². The molecule has 1 aliphatic rings. The minimum atomic E-state index is -4.64. The molecule has 0 unspecified atom stereocenters. The van der Waals surface area contributed by atoms with E-state index in [9.17, 15) is 47.6 Å². The van der Waals surface area contributed by atoms with Gasteiger partial charge >= 0.3 is 12.1 Å². The van der Waals surface area contributed by atoms with E-state index in [0.29, 0.717) is 23.4 Å². The quantitative estimate of drug-likeness (QED) is 0.0360. The van der Waals surface area contributed by atoms with E-state index in [2.05, 4.69) is 5.32 Å². The van der Waals surface area contributed by atoms with Gasteiger partial charge in [-0.3, -0.25) is 14.4 Å². The molecule has 3 aromatic rings. The first-order valence-electron chi connectivity index (χ1n) is 15.8. The lowest BCUT2D eigenvalue weighted by atomic mass is 10.0. The van der Waals surface area contributed by atoms with E-state index in [1.54, 1.807) is 6.07 Å². The number of nitrogens with one attached hydrogen (secondary N) is 1. The average molecular weight is 784 g/mol. The van der Waals surface area contributed by atoms with Gasteiger partial charge in [0.2, 0.25) is 6.29 Å². The lowest BCUT2D eigenvalue weighted by molar-refractivity contribution is -0.156. The summed E-state index contributed by atoms with van der Waals surface area (Å²) in [6.07, 6.45) is -13.4. The number of hydrogen-bond donors (Lipinski definition) is 6. The molecule has 4 atom stereocenters. The molecule has 4 rings (SSSR count). The van der Waals surface area contributed by atoms with E-state index >= 15 is 4.39 Å². The average Bonchev–Trinajstić information content (AvgIpc) is 3.81. The molecule has 1 aromatic heterocycles. The Morgan fingerprint density at radius 2 is 1.49 bits per heavy atom. The van der Waals surface area contributed by atoms with Crippen LogP contribution in [0.2, 0.25) is 0 Å². The number of thiophene rings is 1. The summed E-state index contributed by atoms with van der Waals surface area (Å²) in [5, 5.41) is 50.7. The van der Waals surface area contributed by atoms with Crippen molar-refractivity contribution in [2.45, 2.75) is 62.9 Å².